The maximum Gasteiger partial charge on any atom is 0.597 e. The second-order valence-electron chi connectivity index (χ2n) is 3.53. The highest BCUT2D eigenvalue weighted by molar-refractivity contribution is 5.76. The number of carbonyl (C=O) groups is 1. The molecule has 1 N–H and O–H groups in total. The lowest BCUT2D eigenvalue weighted by atomic mass is 10.1. The first-order valence-corrected chi connectivity index (χ1v) is 4.91. The van der Waals surface area contributed by atoms with E-state index in [9.17, 15) is 4.79 Å². The Balaban J connectivity index is 2.35. The fourth-order valence-electron chi connectivity index (χ4n) is 1.67. The number of rotatable bonds is 2. The highest BCUT2D eigenvalue weighted by Gasteiger charge is 2.40. The third kappa shape index (κ3) is 1.95. The molecule has 0 aromatic heterocycles. The SMILES string of the molecule is C=C(O)/C=[N+]1/C(=O)OC[C@H]1c1ccccc1. The summed E-state index contributed by atoms with van der Waals surface area (Å²) in [5.41, 5.74) is 0.964. The summed E-state index contributed by atoms with van der Waals surface area (Å²) >= 11 is 0. The Bertz CT molecular complexity index is 451. The summed E-state index contributed by atoms with van der Waals surface area (Å²) in [6, 6.07) is 9.31. The van der Waals surface area contributed by atoms with E-state index in [1.807, 2.05) is 30.3 Å². The first kappa shape index (κ1) is 10.4. The number of aliphatic hydroxyl groups is 1. The van der Waals surface area contributed by atoms with Gasteiger partial charge in [-0.25, -0.2) is 0 Å². The Hall–Kier alpha value is -2.10. The van der Waals surface area contributed by atoms with Gasteiger partial charge in [-0.15, -0.1) is 4.58 Å². The number of nitrogens with zero attached hydrogens (tertiary/aromatic N) is 1. The lowest BCUT2D eigenvalue weighted by Crippen LogP contribution is -2.18. The zero-order valence-electron chi connectivity index (χ0n) is 8.67. The van der Waals surface area contributed by atoms with E-state index in [2.05, 4.69) is 6.58 Å². The van der Waals surface area contributed by atoms with Crippen LogP contribution in [0.1, 0.15) is 11.6 Å². The maximum atomic E-state index is 11.4. The molecule has 0 radical (unpaired) electrons. The molecule has 2 rings (SSSR count). The Morgan fingerprint density at radius 3 is 2.81 bits per heavy atom. The highest BCUT2D eigenvalue weighted by atomic mass is 16.6. The third-order valence-corrected chi connectivity index (χ3v) is 2.38. The number of hydrogen-bond acceptors (Lipinski definition) is 3. The van der Waals surface area contributed by atoms with Crippen molar-refractivity contribution in [3.05, 3.63) is 48.2 Å². The average Bonchev–Trinajstić information content (AvgIpc) is 2.61. The van der Waals surface area contributed by atoms with Gasteiger partial charge in [-0.05, 0) is 0 Å². The molecule has 1 aliphatic heterocycles. The van der Waals surface area contributed by atoms with Crippen LogP contribution in [0, 0.1) is 0 Å². The topological polar surface area (TPSA) is 49.5 Å². The molecule has 82 valence electrons. The van der Waals surface area contributed by atoms with Gasteiger partial charge in [0, 0.05) is 5.56 Å². The van der Waals surface area contributed by atoms with Crippen molar-refractivity contribution >= 4 is 12.3 Å². The second kappa shape index (κ2) is 4.18. The number of aliphatic hydroxyl groups excluding tert-OH is 1. The zero-order valence-corrected chi connectivity index (χ0v) is 8.67. The molecule has 1 aliphatic rings. The maximum absolute atomic E-state index is 11.4. The van der Waals surface area contributed by atoms with E-state index in [1.54, 1.807) is 0 Å². The Kier molecular flexibility index (Phi) is 2.72. The number of amides is 1. The van der Waals surface area contributed by atoms with E-state index in [4.69, 9.17) is 9.84 Å². The smallest absolute Gasteiger partial charge is 0.503 e. The number of hydrogen-bond donors (Lipinski definition) is 1. The standard InChI is InChI=1S/C12H11NO3/c1-9(14)7-13-11(8-16-12(13)15)10-5-3-2-4-6-10/h2-7,11H,1,8H2/p+1/b13-7+/t11-/m0/s1. The van der Waals surface area contributed by atoms with Gasteiger partial charge in [0.05, 0.1) is 0 Å². The summed E-state index contributed by atoms with van der Waals surface area (Å²) in [5, 5.41) is 9.10. The minimum Gasteiger partial charge on any atom is -0.503 e. The number of allylic oxidation sites excluding steroid dienone is 1. The van der Waals surface area contributed by atoms with Crippen LogP contribution >= 0.6 is 0 Å². The first-order chi connectivity index (χ1) is 7.68. The van der Waals surface area contributed by atoms with Crippen LogP contribution in [0.5, 0.6) is 0 Å². The van der Waals surface area contributed by atoms with Gasteiger partial charge in [0.2, 0.25) is 12.3 Å². The monoisotopic (exact) mass is 218 g/mol. The summed E-state index contributed by atoms with van der Waals surface area (Å²) in [6.45, 7) is 3.62. The van der Waals surface area contributed by atoms with Crippen molar-refractivity contribution in [1.29, 1.82) is 0 Å². The minimum atomic E-state index is -0.468. The van der Waals surface area contributed by atoms with Crippen LogP contribution in [0.2, 0.25) is 0 Å². The predicted octanol–water partition coefficient (Wildman–Crippen LogP) is 2.03. The van der Waals surface area contributed by atoms with E-state index in [-0.39, 0.29) is 18.4 Å². The Morgan fingerprint density at radius 2 is 2.19 bits per heavy atom. The number of cyclic esters (lactones) is 1. The second-order valence-corrected chi connectivity index (χ2v) is 3.53. The molecule has 0 unspecified atom stereocenters. The first-order valence-electron chi connectivity index (χ1n) is 4.91. The molecule has 1 heterocycles. The van der Waals surface area contributed by atoms with Crippen molar-refractivity contribution in [2.24, 2.45) is 0 Å². The van der Waals surface area contributed by atoms with Gasteiger partial charge in [0.15, 0.2) is 12.4 Å². The molecule has 1 saturated heterocycles. The summed E-state index contributed by atoms with van der Waals surface area (Å²) in [4.78, 5) is 11.4. The fourth-order valence-corrected chi connectivity index (χ4v) is 1.67. The molecule has 0 bridgehead atoms. The van der Waals surface area contributed by atoms with Crippen molar-refractivity contribution in [3.8, 4) is 0 Å². The molecule has 16 heavy (non-hydrogen) atoms. The van der Waals surface area contributed by atoms with E-state index in [0.29, 0.717) is 0 Å². The molecule has 0 saturated carbocycles. The molecule has 4 nitrogen and oxygen atoms in total. The Morgan fingerprint density at radius 1 is 1.50 bits per heavy atom. The van der Waals surface area contributed by atoms with E-state index >= 15 is 0 Å². The van der Waals surface area contributed by atoms with Gasteiger partial charge in [-0.1, -0.05) is 36.9 Å². The number of benzene rings is 1. The highest BCUT2D eigenvalue weighted by Crippen LogP contribution is 2.23. The summed E-state index contributed by atoms with van der Waals surface area (Å²) in [7, 11) is 0. The lowest BCUT2D eigenvalue weighted by molar-refractivity contribution is -0.456. The van der Waals surface area contributed by atoms with E-state index < -0.39 is 6.09 Å². The number of carbonyl (C=O) groups excluding carboxylic acids is 1. The fraction of sp³-hybridized carbons (Fsp3) is 0.167. The van der Waals surface area contributed by atoms with Crippen molar-refractivity contribution in [3.63, 3.8) is 0 Å². The van der Waals surface area contributed by atoms with Crippen LogP contribution in [0.3, 0.4) is 0 Å². The molecule has 0 spiro atoms. The molecule has 1 atom stereocenters. The quantitative estimate of drug-likeness (QED) is 0.610. The van der Waals surface area contributed by atoms with Crippen molar-refractivity contribution in [1.82, 2.24) is 0 Å². The lowest BCUT2D eigenvalue weighted by Gasteiger charge is -2.02. The van der Waals surface area contributed by atoms with Crippen LogP contribution in [-0.4, -0.2) is 28.6 Å². The molecule has 1 aromatic carbocycles. The van der Waals surface area contributed by atoms with Crippen LogP contribution in [-0.2, 0) is 4.74 Å². The normalized spacial score (nSPS) is 22.1. The average molecular weight is 218 g/mol. The van der Waals surface area contributed by atoms with Crippen molar-refractivity contribution in [2.45, 2.75) is 6.04 Å². The number of ether oxygens (including phenoxy) is 1. The molecule has 1 aromatic rings. The minimum absolute atomic E-state index is 0.167. The zero-order chi connectivity index (χ0) is 11.5. The molecule has 1 fully saturated rings. The molecular formula is C12H12NO3+. The van der Waals surface area contributed by atoms with Crippen LogP contribution in [0.25, 0.3) is 0 Å². The summed E-state index contributed by atoms with van der Waals surface area (Å²) < 4.78 is 6.28. The van der Waals surface area contributed by atoms with Crippen LogP contribution in [0.4, 0.5) is 4.79 Å². The summed E-state index contributed by atoms with van der Waals surface area (Å²) in [6.07, 6.45) is 0.816. The van der Waals surface area contributed by atoms with Gasteiger partial charge in [-0.2, -0.15) is 4.79 Å². The van der Waals surface area contributed by atoms with Gasteiger partial charge in [0.1, 0.15) is 0 Å². The van der Waals surface area contributed by atoms with Gasteiger partial charge in [-0.3, -0.25) is 0 Å². The van der Waals surface area contributed by atoms with Gasteiger partial charge >= 0.3 is 6.09 Å². The molecule has 1 amide bonds. The third-order valence-electron chi connectivity index (χ3n) is 2.38. The van der Waals surface area contributed by atoms with Crippen LogP contribution in [0.15, 0.2) is 42.7 Å². The van der Waals surface area contributed by atoms with E-state index in [1.165, 1.54) is 10.8 Å². The molecular weight excluding hydrogens is 206 g/mol. The van der Waals surface area contributed by atoms with E-state index in [0.717, 1.165) is 5.56 Å². The van der Waals surface area contributed by atoms with Crippen LogP contribution < -0.4 is 0 Å². The Labute approximate surface area is 93.1 Å². The molecule has 0 aliphatic carbocycles. The van der Waals surface area contributed by atoms with Crippen molar-refractivity contribution in [2.75, 3.05) is 6.61 Å². The van der Waals surface area contributed by atoms with Gasteiger partial charge in [0.25, 0.3) is 0 Å². The predicted molar refractivity (Wildman–Crippen MR) is 58.6 cm³/mol. The largest absolute Gasteiger partial charge is 0.597 e. The van der Waals surface area contributed by atoms with Gasteiger partial charge < -0.3 is 9.84 Å². The summed E-state index contributed by atoms with van der Waals surface area (Å²) in [5.74, 6) is -0.167. The molecule has 4 heteroatoms. The van der Waals surface area contributed by atoms with Crippen molar-refractivity contribution < 1.29 is 19.2 Å².